The highest BCUT2D eigenvalue weighted by Gasteiger charge is 2.23. The molecule has 0 radical (unpaired) electrons. The fraction of sp³-hybridized carbons (Fsp3) is 0.238. The molecule has 0 aromatic heterocycles. The number of halogens is 1. The SMILES string of the molecule is Cc1cc(NC(=O)/C=C/c2cc(Cl)c3c(c2)OCO3)ccc1N1CCCC1=O. The first-order valence-electron chi connectivity index (χ1n) is 9.00. The molecule has 0 atom stereocenters. The number of nitrogens with one attached hydrogen (secondary N) is 1. The number of anilines is 2. The van der Waals surface area contributed by atoms with Gasteiger partial charge in [0.25, 0.3) is 0 Å². The highest BCUT2D eigenvalue weighted by molar-refractivity contribution is 6.32. The van der Waals surface area contributed by atoms with Gasteiger partial charge in [-0.05, 0) is 60.9 Å². The molecule has 1 fully saturated rings. The Labute approximate surface area is 167 Å². The molecule has 2 aliphatic rings. The van der Waals surface area contributed by atoms with Gasteiger partial charge in [0.1, 0.15) is 0 Å². The summed E-state index contributed by atoms with van der Waals surface area (Å²) in [5.74, 6) is 0.967. The molecule has 1 saturated heterocycles. The molecule has 2 aromatic carbocycles. The monoisotopic (exact) mass is 398 g/mol. The van der Waals surface area contributed by atoms with Crippen LogP contribution in [0, 0.1) is 6.92 Å². The van der Waals surface area contributed by atoms with E-state index in [1.165, 1.54) is 6.08 Å². The Hall–Kier alpha value is -2.99. The zero-order valence-corrected chi connectivity index (χ0v) is 16.1. The third-order valence-corrected chi connectivity index (χ3v) is 4.99. The van der Waals surface area contributed by atoms with Gasteiger partial charge in [-0.15, -0.1) is 0 Å². The lowest BCUT2D eigenvalue weighted by atomic mass is 10.1. The summed E-state index contributed by atoms with van der Waals surface area (Å²) in [5.41, 5.74) is 3.25. The van der Waals surface area contributed by atoms with Crippen LogP contribution in [0.4, 0.5) is 11.4 Å². The molecule has 6 nitrogen and oxygen atoms in total. The summed E-state index contributed by atoms with van der Waals surface area (Å²) in [6, 6.07) is 9.02. The van der Waals surface area contributed by atoms with E-state index in [1.54, 1.807) is 29.2 Å². The molecular weight excluding hydrogens is 380 g/mol. The lowest BCUT2D eigenvalue weighted by Crippen LogP contribution is -2.24. The summed E-state index contributed by atoms with van der Waals surface area (Å²) in [6.07, 6.45) is 4.56. The second-order valence-corrected chi connectivity index (χ2v) is 7.12. The van der Waals surface area contributed by atoms with Crippen molar-refractivity contribution in [2.75, 3.05) is 23.6 Å². The van der Waals surface area contributed by atoms with Crippen molar-refractivity contribution in [3.63, 3.8) is 0 Å². The Morgan fingerprint density at radius 1 is 1.25 bits per heavy atom. The number of nitrogens with zero attached hydrogens (tertiary/aromatic N) is 1. The minimum Gasteiger partial charge on any atom is -0.454 e. The number of amides is 2. The lowest BCUT2D eigenvalue weighted by Gasteiger charge is -2.19. The summed E-state index contributed by atoms with van der Waals surface area (Å²) in [7, 11) is 0. The molecule has 2 amide bonds. The van der Waals surface area contributed by atoms with Crippen molar-refractivity contribution in [1.29, 1.82) is 0 Å². The number of rotatable bonds is 4. The maximum atomic E-state index is 12.3. The van der Waals surface area contributed by atoms with Crippen LogP contribution in [-0.4, -0.2) is 25.2 Å². The van der Waals surface area contributed by atoms with Crippen LogP contribution in [0.15, 0.2) is 36.4 Å². The van der Waals surface area contributed by atoms with Crippen LogP contribution in [0.25, 0.3) is 6.08 Å². The van der Waals surface area contributed by atoms with Gasteiger partial charge in [-0.3, -0.25) is 9.59 Å². The third-order valence-electron chi connectivity index (χ3n) is 4.71. The largest absolute Gasteiger partial charge is 0.454 e. The van der Waals surface area contributed by atoms with Gasteiger partial charge in [0, 0.05) is 30.4 Å². The number of carbonyl (C=O) groups excluding carboxylic acids is 2. The van der Waals surface area contributed by atoms with Crippen molar-refractivity contribution < 1.29 is 19.1 Å². The summed E-state index contributed by atoms with van der Waals surface area (Å²) in [4.78, 5) is 26.0. The van der Waals surface area contributed by atoms with Crippen LogP contribution in [0.1, 0.15) is 24.0 Å². The molecule has 1 N–H and O–H groups in total. The standard InChI is InChI=1S/C21H19ClN2O4/c1-13-9-15(5-6-17(13)24-8-2-3-20(24)26)23-19(25)7-4-14-10-16(22)21-18(11-14)27-12-28-21/h4-7,9-11H,2-3,8,12H2,1H3,(H,23,25)/b7-4+. The summed E-state index contributed by atoms with van der Waals surface area (Å²) < 4.78 is 10.6. The molecular formula is C21H19ClN2O4. The fourth-order valence-electron chi connectivity index (χ4n) is 3.38. The molecule has 0 spiro atoms. The highest BCUT2D eigenvalue weighted by atomic mass is 35.5. The molecule has 144 valence electrons. The lowest BCUT2D eigenvalue weighted by molar-refractivity contribution is -0.117. The number of hydrogen-bond donors (Lipinski definition) is 1. The molecule has 2 heterocycles. The van der Waals surface area contributed by atoms with Crippen molar-refractivity contribution in [3.05, 3.63) is 52.6 Å². The van der Waals surface area contributed by atoms with E-state index in [-0.39, 0.29) is 18.6 Å². The van der Waals surface area contributed by atoms with E-state index in [4.69, 9.17) is 21.1 Å². The molecule has 0 bridgehead atoms. The van der Waals surface area contributed by atoms with Gasteiger partial charge >= 0.3 is 0 Å². The first kappa shape index (κ1) is 18.4. The van der Waals surface area contributed by atoms with E-state index < -0.39 is 0 Å². The van der Waals surface area contributed by atoms with Crippen LogP contribution < -0.4 is 19.7 Å². The second kappa shape index (κ2) is 7.56. The number of hydrogen-bond acceptors (Lipinski definition) is 4. The Kier molecular flexibility index (Phi) is 4.96. The molecule has 0 aliphatic carbocycles. The quantitative estimate of drug-likeness (QED) is 0.785. The van der Waals surface area contributed by atoms with Crippen LogP contribution in [-0.2, 0) is 9.59 Å². The molecule has 0 saturated carbocycles. The number of benzene rings is 2. The normalized spacial score (nSPS) is 15.5. The van der Waals surface area contributed by atoms with Crippen molar-refractivity contribution in [3.8, 4) is 11.5 Å². The number of carbonyl (C=O) groups is 2. The van der Waals surface area contributed by atoms with Gasteiger partial charge in [-0.25, -0.2) is 0 Å². The molecule has 7 heteroatoms. The van der Waals surface area contributed by atoms with Crippen LogP contribution >= 0.6 is 11.6 Å². The zero-order valence-electron chi connectivity index (χ0n) is 15.3. The van der Waals surface area contributed by atoms with Crippen molar-refractivity contribution in [1.82, 2.24) is 0 Å². The average Bonchev–Trinajstić information content (AvgIpc) is 3.29. The van der Waals surface area contributed by atoms with Gasteiger partial charge < -0.3 is 19.7 Å². The van der Waals surface area contributed by atoms with Gasteiger partial charge in [0.05, 0.1) is 5.02 Å². The van der Waals surface area contributed by atoms with E-state index in [1.807, 2.05) is 19.1 Å². The fourth-order valence-corrected chi connectivity index (χ4v) is 3.65. The molecule has 28 heavy (non-hydrogen) atoms. The minimum atomic E-state index is -0.266. The number of aryl methyl sites for hydroxylation is 1. The van der Waals surface area contributed by atoms with Gasteiger partial charge in [-0.1, -0.05) is 11.6 Å². The second-order valence-electron chi connectivity index (χ2n) is 6.71. The van der Waals surface area contributed by atoms with E-state index in [0.29, 0.717) is 28.6 Å². The molecule has 2 aliphatic heterocycles. The van der Waals surface area contributed by atoms with Crippen LogP contribution in [0.2, 0.25) is 5.02 Å². The molecule has 4 rings (SSSR count). The summed E-state index contributed by atoms with van der Waals surface area (Å²) >= 11 is 6.15. The van der Waals surface area contributed by atoms with Crippen molar-refractivity contribution in [2.24, 2.45) is 0 Å². The Morgan fingerprint density at radius 3 is 2.86 bits per heavy atom. The molecule has 0 unspecified atom stereocenters. The highest BCUT2D eigenvalue weighted by Crippen LogP contribution is 2.40. The summed E-state index contributed by atoms with van der Waals surface area (Å²) in [6.45, 7) is 2.81. The topological polar surface area (TPSA) is 67.9 Å². The minimum absolute atomic E-state index is 0.140. The first-order valence-corrected chi connectivity index (χ1v) is 9.38. The average molecular weight is 399 g/mol. The predicted octanol–water partition coefficient (Wildman–Crippen LogP) is 4.16. The maximum absolute atomic E-state index is 12.3. The van der Waals surface area contributed by atoms with Gasteiger partial charge in [0.15, 0.2) is 11.5 Å². The van der Waals surface area contributed by atoms with Crippen molar-refractivity contribution >= 4 is 40.9 Å². The van der Waals surface area contributed by atoms with Crippen LogP contribution in [0.3, 0.4) is 0 Å². The Balaban J connectivity index is 1.44. The predicted molar refractivity (Wildman–Crippen MR) is 108 cm³/mol. The number of ether oxygens (including phenoxy) is 2. The third kappa shape index (κ3) is 3.68. The van der Waals surface area contributed by atoms with E-state index in [9.17, 15) is 9.59 Å². The Morgan fingerprint density at radius 2 is 2.11 bits per heavy atom. The van der Waals surface area contributed by atoms with E-state index >= 15 is 0 Å². The van der Waals surface area contributed by atoms with Gasteiger partial charge in [-0.2, -0.15) is 0 Å². The van der Waals surface area contributed by atoms with E-state index in [2.05, 4.69) is 5.32 Å². The maximum Gasteiger partial charge on any atom is 0.248 e. The zero-order chi connectivity index (χ0) is 19.7. The smallest absolute Gasteiger partial charge is 0.248 e. The van der Waals surface area contributed by atoms with E-state index in [0.717, 1.165) is 29.8 Å². The first-order chi connectivity index (χ1) is 13.5. The van der Waals surface area contributed by atoms with Crippen molar-refractivity contribution in [2.45, 2.75) is 19.8 Å². The van der Waals surface area contributed by atoms with Gasteiger partial charge in [0.2, 0.25) is 18.6 Å². The summed E-state index contributed by atoms with van der Waals surface area (Å²) in [5, 5.41) is 3.27. The van der Waals surface area contributed by atoms with Crippen LogP contribution in [0.5, 0.6) is 11.5 Å². The number of fused-ring (bicyclic) bond motifs is 1. The molecule has 2 aromatic rings. The Bertz CT molecular complexity index is 987.